The maximum Gasteiger partial charge on any atom is 0.471 e. The Bertz CT molecular complexity index is 461. The Labute approximate surface area is 105 Å². The standard InChI is InChI=1S/C10H8ClF3N2O2/c11-7-2-1-3-15-8(7)18-6-4-16(5-6)9(17)10(12,13)14/h1-3,6H,4-5H2. The van der Waals surface area contributed by atoms with Crippen LogP contribution in [0.15, 0.2) is 18.3 Å². The Morgan fingerprint density at radius 2 is 2.17 bits per heavy atom. The maximum atomic E-state index is 12.1. The summed E-state index contributed by atoms with van der Waals surface area (Å²) in [5.74, 6) is -1.70. The molecular weight excluding hydrogens is 273 g/mol. The first-order valence-corrected chi connectivity index (χ1v) is 5.39. The summed E-state index contributed by atoms with van der Waals surface area (Å²) in [5, 5.41) is 0.276. The number of alkyl halides is 3. The molecule has 8 heteroatoms. The highest BCUT2D eigenvalue weighted by atomic mass is 35.5. The molecule has 2 rings (SSSR count). The third-order valence-electron chi connectivity index (χ3n) is 2.38. The molecule has 0 aliphatic carbocycles. The molecule has 2 heterocycles. The van der Waals surface area contributed by atoms with Gasteiger partial charge in [0.2, 0.25) is 5.88 Å². The van der Waals surface area contributed by atoms with Gasteiger partial charge in [0.1, 0.15) is 11.1 Å². The van der Waals surface area contributed by atoms with E-state index in [1.165, 1.54) is 6.20 Å². The zero-order chi connectivity index (χ0) is 13.3. The van der Waals surface area contributed by atoms with E-state index in [1.54, 1.807) is 12.1 Å². The number of nitrogens with zero attached hydrogens (tertiary/aromatic N) is 2. The highest BCUT2D eigenvalue weighted by Crippen LogP contribution is 2.26. The Morgan fingerprint density at radius 3 is 2.72 bits per heavy atom. The van der Waals surface area contributed by atoms with E-state index in [2.05, 4.69) is 4.98 Å². The van der Waals surface area contributed by atoms with Crippen molar-refractivity contribution in [2.75, 3.05) is 13.1 Å². The van der Waals surface area contributed by atoms with E-state index in [4.69, 9.17) is 16.3 Å². The molecule has 1 aromatic rings. The van der Waals surface area contributed by atoms with Gasteiger partial charge in [0.25, 0.3) is 0 Å². The van der Waals surface area contributed by atoms with Crippen molar-refractivity contribution in [2.24, 2.45) is 0 Å². The molecule has 0 aromatic carbocycles. The van der Waals surface area contributed by atoms with Crippen molar-refractivity contribution in [1.29, 1.82) is 0 Å². The molecule has 1 aliphatic heterocycles. The summed E-state index contributed by atoms with van der Waals surface area (Å²) in [6, 6.07) is 3.16. The van der Waals surface area contributed by atoms with E-state index in [0.717, 1.165) is 0 Å². The lowest BCUT2D eigenvalue weighted by molar-refractivity contribution is -0.193. The first kappa shape index (κ1) is 12.9. The maximum absolute atomic E-state index is 12.1. The molecule has 0 bridgehead atoms. The first-order valence-electron chi connectivity index (χ1n) is 5.01. The molecule has 1 aromatic heterocycles. The molecule has 0 unspecified atom stereocenters. The minimum atomic E-state index is -4.84. The first-order chi connectivity index (χ1) is 8.38. The van der Waals surface area contributed by atoms with Crippen LogP contribution in [0.4, 0.5) is 13.2 Å². The van der Waals surface area contributed by atoms with Crippen molar-refractivity contribution in [2.45, 2.75) is 12.3 Å². The van der Waals surface area contributed by atoms with Crippen molar-refractivity contribution >= 4 is 17.5 Å². The lowest BCUT2D eigenvalue weighted by Gasteiger charge is -2.38. The SMILES string of the molecule is O=C(N1CC(Oc2ncccc2Cl)C1)C(F)(F)F. The van der Waals surface area contributed by atoms with Gasteiger partial charge in [0.15, 0.2) is 0 Å². The van der Waals surface area contributed by atoms with Crippen molar-refractivity contribution < 1.29 is 22.7 Å². The number of ether oxygens (including phenoxy) is 1. The number of hydrogen-bond donors (Lipinski definition) is 0. The summed E-state index contributed by atoms with van der Waals surface area (Å²) in [6.07, 6.45) is -3.89. The summed E-state index contributed by atoms with van der Waals surface area (Å²) < 4.78 is 41.5. The van der Waals surface area contributed by atoms with Crippen LogP contribution < -0.4 is 4.74 Å². The van der Waals surface area contributed by atoms with Crippen LogP contribution >= 0.6 is 11.6 Å². The summed E-state index contributed by atoms with van der Waals surface area (Å²) in [6.45, 7) is -0.240. The molecule has 0 radical (unpaired) electrons. The molecular formula is C10H8ClF3N2O2. The van der Waals surface area contributed by atoms with E-state index in [1.807, 2.05) is 0 Å². The lowest BCUT2D eigenvalue weighted by atomic mass is 10.1. The van der Waals surface area contributed by atoms with Crippen molar-refractivity contribution in [3.63, 3.8) is 0 Å². The molecule has 0 saturated carbocycles. The van der Waals surface area contributed by atoms with Gasteiger partial charge in [0.05, 0.1) is 13.1 Å². The van der Waals surface area contributed by atoms with Crippen LogP contribution in [-0.2, 0) is 4.79 Å². The van der Waals surface area contributed by atoms with E-state index in [0.29, 0.717) is 4.90 Å². The highest BCUT2D eigenvalue weighted by Gasteiger charge is 2.47. The van der Waals surface area contributed by atoms with Crippen LogP contribution in [0.5, 0.6) is 5.88 Å². The van der Waals surface area contributed by atoms with Crippen molar-refractivity contribution in [3.05, 3.63) is 23.4 Å². The van der Waals surface area contributed by atoms with E-state index >= 15 is 0 Å². The molecule has 0 atom stereocenters. The van der Waals surface area contributed by atoms with E-state index < -0.39 is 18.2 Å². The van der Waals surface area contributed by atoms with Gasteiger partial charge >= 0.3 is 12.1 Å². The minimum Gasteiger partial charge on any atom is -0.470 e. The van der Waals surface area contributed by atoms with Gasteiger partial charge < -0.3 is 9.64 Å². The van der Waals surface area contributed by atoms with Gasteiger partial charge in [-0.2, -0.15) is 13.2 Å². The summed E-state index contributed by atoms with van der Waals surface area (Å²) in [5.41, 5.74) is 0. The predicted octanol–water partition coefficient (Wildman–Crippen LogP) is 1.89. The minimum absolute atomic E-state index is 0.120. The number of amides is 1. The van der Waals surface area contributed by atoms with Gasteiger partial charge in [0, 0.05) is 6.20 Å². The predicted molar refractivity (Wildman–Crippen MR) is 56.3 cm³/mol. The topological polar surface area (TPSA) is 42.4 Å². The Hall–Kier alpha value is -1.50. The highest BCUT2D eigenvalue weighted by molar-refractivity contribution is 6.31. The van der Waals surface area contributed by atoms with Gasteiger partial charge in [-0.05, 0) is 12.1 Å². The second kappa shape index (κ2) is 4.64. The number of carbonyl (C=O) groups excluding carboxylic acids is 1. The zero-order valence-electron chi connectivity index (χ0n) is 8.95. The van der Waals surface area contributed by atoms with Gasteiger partial charge in [-0.15, -0.1) is 0 Å². The van der Waals surface area contributed by atoms with Crippen LogP contribution in [-0.4, -0.2) is 41.2 Å². The number of hydrogen-bond acceptors (Lipinski definition) is 3. The van der Waals surface area contributed by atoms with Crippen LogP contribution in [0.1, 0.15) is 0 Å². The number of likely N-dealkylation sites (tertiary alicyclic amines) is 1. The van der Waals surface area contributed by atoms with E-state index in [9.17, 15) is 18.0 Å². The van der Waals surface area contributed by atoms with Gasteiger partial charge in [-0.25, -0.2) is 4.98 Å². The monoisotopic (exact) mass is 280 g/mol. The Kier molecular flexibility index (Phi) is 3.34. The van der Waals surface area contributed by atoms with E-state index in [-0.39, 0.29) is 24.0 Å². The molecule has 98 valence electrons. The molecule has 1 fully saturated rings. The summed E-state index contributed by atoms with van der Waals surface area (Å²) in [7, 11) is 0. The summed E-state index contributed by atoms with van der Waals surface area (Å²) >= 11 is 5.77. The third-order valence-corrected chi connectivity index (χ3v) is 2.67. The number of carbonyl (C=O) groups is 1. The second-order valence-electron chi connectivity index (χ2n) is 3.74. The molecule has 1 aliphatic rings. The van der Waals surface area contributed by atoms with Crippen LogP contribution in [0.3, 0.4) is 0 Å². The Balaban J connectivity index is 1.88. The molecule has 4 nitrogen and oxygen atoms in total. The fraction of sp³-hybridized carbons (Fsp3) is 0.400. The number of pyridine rings is 1. The largest absolute Gasteiger partial charge is 0.471 e. The fourth-order valence-corrected chi connectivity index (χ4v) is 1.64. The second-order valence-corrected chi connectivity index (χ2v) is 4.15. The average Bonchev–Trinajstić information content (AvgIpc) is 2.23. The normalized spacial score (nSPS) is 16.3. The molecule has 0 N–H and O–H groups in total. The molecule has 0 spiro atoms. The molecule has 18 heavy (non-hydrogen) atoms. The van der Waals surface area contributed by atoms with Gasteiger partial charge in [-0.3, -0.25) is 4.79 Å². The van der Waals surface area contributed by atoms with Crippen molar-refractivity contribution in [1.82, 2.24) is 9.88 Å². The quantitative estimate of drug-likeness (QED) is 0.831. The number of rotatable bonds is 2. The number of aromatic nitrogens is 1. The fourth-order valence-electron chi connectivity index (χ4n) is 1.47. The Morgan fingerprint density at radius 1 is 1.50 bits per heavy atom. The van der Waals surface area contributed by atoms with Gasteiger partial charge in [-0.1, -0.05) is 11.6 Å². The van der Waals surface area contributed by atoms with Crippen molar-refractivity contribution in [3.8, 4) is 5.88 Å². The van der Waals surface area contributed by atoms with Crippen LogP contribution in [0, 0.1) is 0 Å². The third kappa shape index (κ3) is 2.66. The number of halogens is 4. The van der Waals surface area contributed by atoms with Crippen LogP contribution in [0.2, 0.25) is 5.02 Å². The lowest BCUT2D eigenvalue weighted by Crippen LogP contribution is -2.59. The van der Waals surface area contributed by atoms with Crippen LogP contribution in [0.25, 0.3) is 0 Å². The molecule has 1 saturated heterocycles. The molecule has 1 amide bonds. The zero-order valence-corrected chi connectivity index (χ0v) is 9.70. The summed E-state index contributed by atoms with van der Waals surface area (Å²) in [4.78, 5) is 15.3. The smallest absolute Gasteiger partial charge is 0.470 e. The average molecular weight is 281 g/mol.